The molecule has 2 aromatic rings. The normalized spacial score (nSPS) is 17.9. The van der Waals surface area contributed by atoms with Gasteiger partial charge >= 0.3 is 0 Å². The maximum atomic E-state index is 9.33. The Kier molecular flexibility index (Phi) is 1.49. The van der Waals surface area contributed by atoms with Gasteiger partial charge in [0.2, 0.25) is 0 Å². The standard InChI is InChI=1S/C11H10N2O/c14-6-11-9-4-2-1-3-8(9)10-5-12-7-13(10)11/h1-5,7,11,14H,6H2/t11-/m0/s1. The van der Waals surface area contributed by atoms with Crippen molar-refractivity contribution in [2.75, 3.05) is 6.61 Å². The molecule has 0 radical (unpaired) electrons. The van der Waals surface area contributed by atoms with Crippen LogP contribution in [0.25, 0.3) is 11.3 Å². The van der Waals surface area contributed by atoms with Gasteiger partial charge in [-0.15, -0.1) is 0 Å². The third-order valence-corrected chi connectivity index (χ3v) is 2.77. The van der Waals surface area contributed by atoms with Gasteiger partial charge in [-0.2, -0.15) is 0 Å². The maximum absolute atomic E-state index is 9.33. The first-order chi connectivity index (χ1) is 6.92. The molecule has 3 heteroatoms. The number of benzene rings is 1. The third-order valence-electron chi connectivity index (χ3n) is 2.77. The number of rotatable bonds is 1. The number of aliphatic hydroxyl groups excluding tert-OH is 1. The van der Waals surface area contributed by atoms with Gasteiger partial charge < -0.3 is 9.67 Å². The van der Waals surface area contributed by atoms with Gasteiger partial charge in [-0.3, -0.25) is 0 Å². The summed E-state index contributed by atoms with van der Waals surface area (Å²) in [6, 6.07) is 8.18. The summed E-state index contributed by atoms with van der Waals surface area (Å²) in [5.41, 5.74) is 3.47. The molecule has 0 fully saturated rings. The first-order valence-corrected chi connectivity index (χ1v) is 4.64. The van der Waals surface area contributed by atoms with Crippen LogP contribution < -0.4 is 0 Å². The number of aliphatic hydroxyl groups is 1. The second kappa shape index (κ2) is 2.69. The van der Waals surface area contributed by atoms with E-state index in [0.29, 0.717) is 0 Å². The van der Waals surface area contributed by atoms with Crippen molar-refractivity contribution >= 4 is 0 Å². The fraction of sp³-hybridized carbons (Fsp3) is 0.182. The van der Waals surface area contributed by atoms with Gasteiger partial charge in [-0.05, 0) is 5.56 Å². The number of hydrogen-bond donors (Lipinski definition) is 1. The van der Waals surface area contributed by atoms with Crippen molar-refractivity contribution in [3.63, 3.8) is 0 Å². The average molecular weight is 186 g/mol. The number of nitrogens with zero attached hydrogens (tertiary/aromatic N) is 2. The van der Waals surface area contributed by atoms with E-state index in [1.165, 1.54) is 11.1 Å². The van der Waals surface area contributed by atoms with Crippen LogP contribution in [0.2, 0.25) is 0 Å². The zero-order valence-electron chi connectivity index (χ0n) is 7.59. The van der Waals surface area contributed by atoms with Gasteiger partial charge in [0, 0.05) is 5.56 Å². The molecule has 70 valence electrons. The van der Waals surface area contributed by atoms with E-state index in [-0.39, 0.29) is 12.6 Å². The molecule has 0 saturated heterocycles. The molecule has 1 aromatic carbocycles. The largest absolute Gasteiger partial charge is 0.394 e. The quantitative estimate of drug-likeness (QED) is 0.731. The summed E-state index contributed by atoms with van der Waals surface area (Å²) in [7, 11) is 0. The van der Waals surface area contributed by atoms with Crippen LogP contribution in [0.15, 0.2) is 36.8 Å². The molecule has 1 aromatic heterocycles. The fourth-order valence-electron chi connectivity index (χ4n) is 2.12. The molecule has 3 rings (SSSR count). The minimum Gasteiger partial charge on any atom is -0.394 e. The Labute approximate surface area is 81.6 Å². The molecule has 0 saturated carbocycles. The summed E-state index contributed by atoms with van der Waals surface area (Å²) in [6.07, 6.45) is 3.62. The molecular formula is C11H10N2O. The van der Waals surface area contributed by atoms with Crippen LogP contribution >= 0.6 is 0 Å². The molecule has 0 spiro atoms. The van der Waals surface area contributed by atoms with Crippen LogP contribution in [0, 0.1) is 0 Å². The van der Waals surface area contributed by atoms with Crippen molar-refractivity contribution in [1.82, 2.24) is 9.55 Å². The predicted molar refractivity (Wildman–Crippen MR) is 52.9 cm³/mol. The van der Waals surface area contributed by atoms with Crippen LogP contribution in [0.3, 0.4) is 0 Å². The smallest absolute Gasteiger partial charge is 0.0957 e. The van der Waals surface area contributed by atoms with Gasteiger partial charge in [0.05, 0.1) is 30.9 Å². The zero-order valence-corrected chi connectivity index (χ0v) is 7.59. The van der Waals surface area contributed by atoms with E-state index in [1.54, 1.807) is 6.33 Å². The monoisotopic (exact) mass is 186 g/mol. The Morgan fingerprint density at radius 3 is 3.07 bits per heavy atom. The minimum absolute atomic E-state index is 0.0451. The van der Waals surface area contributed by atoms with E-state index in [2.05, 4.69) is 17.1 Å². The lowest BCUT2D eigenvalue weighted by Gasteiger charge is -2.10. The summed E-state index contributed by atoms with van der Waals surface area (Å²) in [4.78, 5) is 4.09. The molecule has 1 N–H and O–H groups in total. The zero-order chi connectivity index (χ0) is 9.54. The van der Waals surface area contributed by atoms with Crippen LogP contribution in [-0.2, 0) is 0 Å². The van der Waals surface area contributed by atoms with Crippen LogP contribution in [0.5, 0.6) is 0 Å². The second-order valence-corrected chi connectivity index (χ2v) is 3.47. The van der Waals surface area contributed by atoms with Crippen molar-refractivity contribution in [2.45, 2.75) is 6.04 Å². The molecule has 14 heavy (non-hydrogen) atoms. The number of imidazole rings is 1. The molecule has 1 atom stereocenters. The topological polar surface area (TPSA) is 38.1 Å². The van der Waals surface area contributed by atoms with Crippen molar-refractivity contribution in [2.24, 2.45) is 0 Å². The Hall–Kier alpha value is -1.61. The molecular weight excluding hydrogens is 176 g/mol. The Bertz CT molecular complexity index is 476. The van der Waals surface area contributed by atoms with Gasteiger partial charge in [0.1, 0.15) is 0 Å². The lowest BCUT2D eigenvalue weighted by atomic mass is 10.0. The van der Waals surface area contributed by atoms with Gasteiger partial charge in [0.25, 0.3) is 0 Å². The first-order valence-electron chi connectivity index (χ1n) is 4.64. The van der Waals surface area contributed by atoms with Crippen LogP contribution in [-0.4, -0.2) is 21.3 Å². The Morgan fingerprint density at radius 2 is 2.21 bits per heavy atom. The summed E-state index contributed by atoms with van der Waals surface area (Å²) in [5.74, 6) is 0. The molecule has 1 aliphatic rings. The maximum Gasteiger partial charge on any atom is 0.0957 e. The van der Waals surface area contributed by atoms with E-state index >= 15 is 0 Å². The highest BCUT2D eigenvalue weighted by atomic mass is 16.3. The van der Waals surface area contributed by atoms with E-state index in [0.717, 1.165) is 5.69 Å². The van der Waals surface area contributed by atoms with E-state index in [4.69, 9.17) is 0 Å². The highest BCUT2D eigenvalue weighted by Crippen LogP contribution is 2.38. The van der Waals surface area contributed by atoms with Crippen molar-refractivity contribution in [3.8, 4) is 11.3 Å². The SMILES string of the molecule is OC[C@H]1c2ccccc2-c2cncn21. The summed E-state index contributed by atoms with van der Waals surface area (Å²) in [6.45, 7) is 0.125. The van der Waals surface area contributed by atoms with Crippen molar-refractivity contribution < 1.29 is 5.11 Å². The molecule has 3 nitrogen and oxygen atoms in total. The number of fused-ring (bicyclic) bond motifs is 3. The summed E-state index contributed by atoms with van der Waals surface area (Å²) < 4.78 is 2.02. The third kappa shape index (κ3) is 0.822. The highest BCUT2D eigenvalue weighted by Gasteiger charge is 2.26. The minimum atomic E-state index is 0.0451. The second-order valence-electron chi connectivity index (χ2n) is 3.47. The van der Waals surface area contributed by atoms with Crippen molar-refractivity contribution in [1.29, 1.82) is 0 Å². The number of hydrogen-bond acceptors (Lipinski definition) is 2. The molecule has 0 bridgehead atoms. The summed E-state index contributed by atoms with van der Waals surface area (Å²) >= 11 is 0. The first kappa shape index (κ1) is 7.76. The van der Waals surface area contributed by atoms with Gasteiger partial charge in [-0.25, -0.2) is 4.98 Å². The average Bonchev–Trinajstić information content (AvgIpc) is 2.77. The van der Waals surface area contributed by atoms with Crippen LogP contribution in [0.1, 0.15) is 11.6 Å². The fourth-order valence-corrected chi connectivity index (χ4v) is 2.12. The molecule has 0 aliphatic carbocycles. The highest BCUT2D eigenvalue weighted by molar-refractivity contribution is 5.68. The van der Waals surface area contributed by atoms with E-state index < -0.39 is 0 Å². The van der Waals surface area contributed by atoms with E-state index in [1.807, 2.05) is 22.9 Å². The van der Waals surface area contributed by atoms with Gasteiger partial charge in [-0.1, -0.05) is 24.3 Å². The van der Waals surface area contributed by atoms with Crippen LogP contribution in [0.4, 0.5) is 0 Å². The van der Waals surface area contributed by atoms with Gasteiger partial charge in [0.15, 0.2) is 0 Å². The summed E-state index contributed by atoms with van der Waals surface area (Å²) in [5, 5.41) is 9.33. The molecule has 0 unspecified atom stereocenters. The molecule has 0 amide bonds. The number of aromatic nitrogens is 2. The molecule has 2 heterocycles. The Morgan fingerprint density at radius 1 is 1.36 bits per heavy atom. The lowest BCUT2D eigenvalue weighted by Crippen LogP contribution is -2.08. The van der Waals surface area contributed by atoms with E-state index in [9.17, 15) is 5.11 Å². The van der Waals surface area contributed by atoms with Crippen molar-refractivity contribution in [3.05, 3.63) is 42.4 Å². The Balaban J connectivity index is 2.30. The molecule has 1 aliphatic heterocycles. The predicted octanol–water partition coefficient (Wildman–Crippen LogP) is 1.45. The lowest BCUT2D eigenvalue weighted by molar-refractivity contribution is 0.253.